The highest BCUT2D eigenvalue weighted by Crippen LogP contribution is 2.29. The highest BCUT2D eigenvalue weighted by Gasteiger charge is 2.29. The number of carbonyl (C=O) groups is 1. The van der Waals surface area contributed by atoms with Crippen molar-refractivity contribution in [2.24, 2.45) is 0 Å². The third kappa shape index (κ3) is 3.09. The monoisotopic (exact) mass is 295 g/mol. The van der Waals surface area contributed by atoms with Crippen LogP contribution in [0.3, 0.4) is 0 Å². The molecule has 1 fully saturated rings. The molecule has 0 aliphatic carbocycles. The molecule has 2 N–H and O–H groups in total. The SMILES string of the molecule is C[C@@H]1Cc2c(C(=O)NCCOC3COC3)n[nH]c2[C@H](C)O1. The Morgan fingerprint density at radius 1 is 1.48 bits per heavy atom. The second kappa shape index (κ2) is 6.13. The quantitative estimate of drug-likeness (QED) is 0.776. The van der Waals surface area contributed by atoms with Crippen LogP contribution in [0.25, 0.3) is 0 Å². The maximum atomic E-state index is 12.2. The van der Waals surface area contributed by atoms with Gasteiger partial charge in [0, 0.05) is 18.5 Å². The standard InChI is InChI=1S/C14H21N3O4/c1-8-5-11-12(9(2)21-8)16-17-13(11)14(18)15-3-4-20-10-6-19-7-10/h8-10H,3-7H2,1-2H3,(H,15,18)(H,16,17)/t8-,9+/m1/s1. The van der Waals surface area contributed by atoms with Gasteiger partial charge in [0.15, 0.2) is 5.69 Å². The van der Waals surface area contributed by atoms with E-state index in [1.165, 1.54) is 0 Å². The molecule has 1 aromatic rings. The summed E-state index contributed by atoms with van der Waals surface area (Å²) < 4.78 is 16.2. The number of carbonyl (C=O) groups excluding carboxylic acids is 1. The van der Waals surface area contributed by atoms with Crippen molar-refractivity contribution in [3.8, 4) is 0 Å². The van der Waals surface area contributed by atoms with Gasteiger partial charge in [0.05, 0.1) is 37.7 Å². The van der Waals surface area contributed by atoms with Crippen molar-refractivity contribution in [2.45, 2.75) is 38.6 Å². The first-order valence-electron chi connectivity index (χ1n) is 7.35. The molecule has 3 rings (SSSR count). The first kappa shape index (κ1) is 14.5. The molecule has 21 heavy (non-hydrogen) atoms. The van der Waals surface area contributed by atoms with Gasteiger partial charge in [-0.15, -0.1) is 0 Å². The van der Waals surface area contributed by atoms with E-state index in [-0.39, 0.29) is 24.2 Å². The fourth-order valence-corrected chi connectivity index (χ4v) is 2.65. The average Bonchev–Trinajstić information content (AvgIpc) is 2.80. The minimum Gasteiger partial charge on any atom is -0.376 e. The number of aromatic amines is 1. The molecule has 7 heteroatoms. The molecule has 0 spiro atoms. The second-order valence-corrected chi connectivity index (χ2v) is 5.54. The lowest BCUT2D eigenvalue weighted by Gasteiger charge is -2.26. The Hall–Kier alpha value is -1.44. The molecule has 3 heterocycles. The lowest BCUT2D eigenvalue weighted by Crippen LogP contribution is -2.38. The van der Waals surface area contributed by atoms with Crippen LogP contribution in [0.15, 0.2) is 0 Å². The van der Waals surface area contributed by atoms with Gasteiger partial charge in [-0.25, -0.2) is 0 Å². The van der Waals surface area contributed by atoms with Gasteiger partial charge in [0.25, 0.3) is 5.91 Å². The van der Waals surface area contributed by atoms with E-state index in [2.05, 4.69) is 15.5 Å². The van der Waals surface area contributed by atoms with Crippen molar-refractivity contribution in [3.63, 3.8) is 0 Å². The highest BCUT2D eigenvalue weighted by molar-refractivity contribution is 5.94. The van der Waals surface area contributed by atoms with Crippen LogP contribution in [0.5, 0.6) is 0 Å². The van der Waals surface area contributed by atoms with Gasteiger partial charge in [0.1, 0.15) is 6.10 Å². The maximum absolute atomic E-state index is 12.2. The topological polar surface area (TPSA) is 85.5 Å². The van der Waals surface area contributed by atoms with Crippen LogP contribution in [0.4, 0.5) is 0 Å². The number of nitrogens with one attached hydrogen (secondary N) is 2. The summed E-state index contributed by atoms with van der Waals surface area (Å²) in [6.45, 7) is 6.22. The van der Waals surface area contributed by atoms with Crippen LogP contribution in [-0.4, -0.2) is 54.7 Å². The van der Waals surface area contributed by atoms with Crippen molar-refractivity contribution >= 4 is 5.91 Å². The van der Waals surface area contributed by atoms with Crippen LogP contribution in [-0.2, 0) is 20.6 Å². The number of fused-ring (bicyclic) bond motifs is 1. The molecule has 1 saturated heterocycles. The normalized spacial score (nSPS) is 25.2. The molecular formula is C14H21N3O4. The van der Waals surface area contributed by atoms with Gasteiger partial charge in [-0.3, -0.25) is 9.89 Å². The molecule has 0 saturated carbocycles. The zero-order valence-electron chi connectivity index (χ0n) is 12.3. The number of aromatic nitrogens is 2. The van der Waals surface area contributed by atoms with Crippen LogP contribution in [0.2, 0.25) is 0 Å². The predicted molar refractivity (Wildman–Crippen MR) is 74.1 cm³/mol. The van der Waals surface area contributed by atoms with Crippen molar-refractivity contribution in [1.29, 1.82) is 0 Å². The Kier molecular flexibility index (Phi) is 4.23. The van der Waals surface area contributed by atoms with Crippen LogP contribution in [0.1, 0.15) is 41.7 Å². The summed E-state index contributed by atoms with van der Waals surface area (Å²) in [6.07, 6.45) is 0.923. The van der Waals surface area contributed by atoms with Crippen molar-refractivity contribution in [2.75, 3.05) is 26.4 Å². The Bertz CT molecular complexity index is 512. The van der Waals surface area contributed by atoms with E-state index in [0.717, 1.165) is 11.3 Å². The number of amides is 1. The third-order valence-electron chi connectivity index (χ3n) is 3.80. The molecule has 0 radical (unpaired) electrons. The van der Waals surface area contributed by atoms with Crippen molar-refractivity contribution in [1.82, 2.24) is 15.5 Å². The Balaban J connectivity index is 1.55. The molecule has 116 valence electrons. The lowest BCUT2D eigenvalue weighted by molar-refractivity contribution is -0.128. The molecule has 0 aromatic carbocycles. The summed E-state index contributed by atoms with van der Waals surface area (Å²) in [5.41, 5.74) is 2.34. The lowest BCUT2D eigenvalue weighted by atomic mass is 9.99. The summed E-state index contributed by atoms with van der Waals surface area (Å²) in [7, 11) is 0. The molecular weight excluding hydrogens is 274 g/mol. The van der Waals surface area contributed by atoms with Crippen molar-refractivity contribution < 1.29 is 19.0 Å². The van der Waals surface area contributed by atoms with E-state index in [0.29, 0.717) is 38.5 Å². The highest BCUT2D eigenvalue weighted by atomic mass is 16.6. The number of ether oxygens (including phenoxy) is 3. The summed E-state index contributed by atoms with van der Waals surface area (Å²) in [4.78, 5) is 12.2. The first-order valence-corrected chi connectivity index (χ1v) is 7.35. The molecule has 1 amide bonds. The summed E-state index contributed by atoms with van der Waals surface area (Å²) >= 11 is 0. The summed E-state index contributed by atoms with van der Waals surface area (Å²) in [5.74, 6) is -0.165. The molecule has 1 aromatic heterocycles. The van der Waals surface area contributed by atoms with Gasteiger partial charge >= 0.3 is 0 Å². The smallest absolute Gasteiger partial charge is 0.272 e. The number of hydrogen-bond acceptors (Lipinski definition) is 5. The van der Waals surface area contributed by atoms with E-state index in [1.54, 1.807) is 0 Å². The van der Waals surface area contributed by atoms with E-state index in [4.69, 9.17) is 14.2 Å². The Labute approximate surface area is 123 Å². The van der Waals surface area contributed by atoms with Crippen molar-refractivity contribution in [3.05, 3.63) is 17.0 Å². The minimum atomic E-state index is -0.165. The first-order chi connectivity index (χ1) is 10.1. The number of H-pyrrole nitrogens is 1. The average molecular weight is 295 g/mol. The van der Waals surface area contributed by atoms with E-state index >= 15 is 0 Å². The largest absolute Gasteiger partial charge is 0.376 e. The summed E-state index contributed by atoms with van der Waals surface area (Å²) in [5, 5.41) is 9.91. The molecule has 2 aliphatic rings. The van der Waals surface area contributed by atoms with Crippen LogP contribution >= 0.6 is 0 Å². The molecule has 0 bridgehead atoms. The van der Waals surface area contributed by atoms with Gasteiger partial charge in [-0.2, -0.15) is 5.10 Å². The van der Waals surface area contributed by atoms with E-state index < -0.39 is 0 Å². The van der Waals surface area contributed by atoms with Gasteiger partial charge in [-0.1, -0.05) is 0 Å². The van der Waals surface area contributed by atoms with Gasteiger partial charge in [-0.05, 0) is 13.8 Å². The van der Waals surface area contributed by atoms with Gasteiger partial charge in [0.2, 0.25) is 0 Å². The predicted octanol–water partition coefficient (Wildman–Crippen LogP) is 0.577. The second-order valence-electron chi connectivity index (χ2n) is 5.54. The molecule has 2 atom stereocenters. The minimum absolute atomic E-state index is 0.0558. The zero-order chi connectivity index (χ0) is 14.8. The number of nitrogens with zero attached hydrogens (tertiary/aromatic N) is 1. The Morgan fingerprint density at radius 2 is 2.29 bits per heavy atom. The van der Waals surface area contributed by atoms with E-state index in [1.807, 2.05) is 13.8 Å². The van der Waals surface area contributed by atoms with Crippen LogP contribution < -0.4 is 5.32 Å². The zero-order valence-corrected chi connectivity index (χ0v) is 12.3. The fourth-order valence-electron chi connectivity index (χ4n) is 2.65. The van der Waals surface area contributed by atoms with E-state index in [9.17, 15) is 4.79 Å². The maximum Gasteiger partial charge on any atom is 0.272 e. The summed E-state index contributed by atoms with van der Waals surface area (Å²) in [6, 6.07) is 0. The van der Waals surface area contributed by atoms with Crippen LogP contribution in [0, 0.1) is 0 Å². The number of rotatable bonds is 5. The van der Waals surface area contributed by atoms with Gasteiger partial charge < -0.3 is 19.5 Å². The Morgan fingerprint density at radius 3 is 3.00 bits per heavy atom. The molecule has 7 nitrogen and oxygen atoms in total. The molecule has 2 aliphatic heterocycles. The third-order valence-corrected chi connectivity index (χ3v) is 3.80. The molecule has 0 unspecified atom stereocenters. The fraction of sp³-hybridized carbons (Fsp3) is 0.714. The number of hydrogen-bond donors (Lipinski definition) is 2.